The zero-order chi connectivity index (χ0) is 17.9. The Morgan fingerprint density at radius 1 is 1.15 bits per heavy atom. The van der Waals surface area contributed by atoms with Crippen LogP contribution in [0.25, 0.3) is 0 Å². The predicted octanol–water partition coefficient (Wildman–Crippen LogP) is 4.50. The molecule has 1 N–H and O–H groups in total. The van der Waals surface area contributed by atoms with Crippen molar-refractivity contribution in [1.29, 1.82) is 0 Å². The number of hydrogen-bond donors (Lipinski definition) is 1. The Bertz CT molecular complexity index is 749. The molecule has 1 saturated heterocycles. The Hall–Kier alpha value is -2.40. The van der Waals surface area contributed by atoms with E-state index in [4.69, 9.17) is 14.2 Å². The first kappa shape index (κ1) is 19.9. The van der Waals surface area contributed by atoms with Crippen LogP contribution in [0.15, 0.2) is 48.5 Å². The van der Waals surface area contributed by atoms with Gasteiger partial charge >= 0.3 is 6.09 Å². The summed E-state index contributed by atoms with van der Waals surface area (Å²) in [6.07, 6.45) is -0.396. The molecule has 0 radical (unpaired) electrons. The molecule has 1 amide bonds. The normalized spacial score (nSPS) is 18.1. The van der Waals surface area contributed by atoms with Crippen molar-refractivity contribution in [2.75, 3.05) is 13.7 Å². The number of ether oxygens (including phenoxy) is 3. The summed E-state index contributed by atoms with van der Waals surface area (Å²) in [5.41, 5.74) is 1.82. The van der Waals surface area contributed by atoms with Crippen LogP contribution in [0.1, 0.15) is 31.0 Å². The molecule has 1 heterocycles. The molecule has 2 aromatic carbocycles. The minimum Gasteiger partial charge on any atom is -0.493 e. The highest BCUT2D eigenvalue weighted by atomic mass is 35.5. The van der Waals surface area contributed by atoms with Crippen LogP contribution in [-0.2, 0) is 11.3 Å². The van der Waals surface area contributed by atoms with E-state index in [1.807, 2.05) is 48.5 Å². The van der Waals surface area contributed by atoms with Gasteiger partial charge in [0.05, 0.1) is 13.2 Å². The SMILES string of the molecule is COc1ccc([C@H]2NC(=O)OCC2(C)C)cc1OCc1ccccc1.Cl. The highest BCUT2D eigenvalue weighted by molar-refractivity contribution is 5.85. The third-order valence-corrected chi connectivity index (χ3v) is 4.38. The van der Waals surface area contributed by atoms with E-state index in [2.05, 4.69) is 19.2 Å². The standard InChI is InChI=1S/C20H23NO4.ClH/c1-20(2)13-25-19(22)21-18(20)15-9-10-16(23-3)17(11-15)24-12-14-7-5-4-6-8-14;/h4-11,18H,12-13H2,1-3H3,(H,21,22);1H/t18-;/m1./s1. The van der Waals surface area contributed by atoms with Gasteiger partial charge in [0.25, 0.3) is 0 Å². The molecule has 26 heavy (non-hydrogen) atoms. The number of rotatable bonds is 5. The molecular formula is C20H24ClNO4. The van der Waals surface area contributed by atoms with Gasteiger partial charge in [-0.15, -0.1) is 12.4 Å². The molecule has 140 valence electrons. The van der Waals surface area contributed by atoms with Gasteiger partial charge in [-0.3, -0.25) is 0 Å². The van der Waals surface area contributed by atoms with Crippen molar-refractivity contribution >= 4 is 18.5 Å². The van der Waals surface area contributed by atoms with Crippen LogP contribution in [0, 0.1) is 5.41 Å². The maximum absolute atomic E-state index is 11.7. The van der Waals surface area contributed by atoms with Gasteiger partial charge in [-0.25, -0.2) is 4.79 Å². The van der Waals surface area contributed by atoms with Crippen molar-refractivity contribution in [1.82, 2.24) is 5.32 Å². The van der Waals surface area contributed by atoms with E-state index in [1.165, 1.54) is 0 Å². The molecular weight excluding hydrogens is 354 g/mol. The largest absolute Gasteiger partial charge is 0.493 e. The van der Waals surface area contributed by atoms with Gasteiger partial charge in [-0.05, 0) is 23.3 Å². The zero-order valence-corrected chi connectivity index (χ0v) is 16.0. The Labute approximate surface area is 160 Å². The molecule has 0 spiro atoms. The number of alkyl carbamates (subject to hydrolysis) is 1. The van der Waals surface area contributed by atoms with E-state index in [-0.39, 0.29) is 23.9 Å². The molecule has 1 fully saturated rings. The topological polar surface area (TPSA) is 56.8 Å². The second-order valence-corrected chi connectivity index (χ2v) is 6.83. The number of methoxy groups -OCH3 is 1. The number of hydrogen-bond acceptors (Lipinski definition) is 4. The van der Waals surface area contributed by atoms with Gasteiger partial charge in [-0.1, -0.05) is 50.2 Å². The summed E-state index contributed by atoms with van der Waals surface area (Å²) in [4.78, 5) is 11.7. The third kappa shape index (κ3) is 4.41. The molecule has 6 heteroatoms. The fourth-order valence-corrected chi connectivity index (χ4v) is 2.95. The lowest BCUT2D eigenvalue weighted by Gasteiger charge is -2.38. The summed E-state index contributed by atoms with van der Waals surface area (Å²) in [5, 5.41) is 2.90. The first-order valence-corrected chi connectivity index (χ1v) is 8.27. The number of benzene rings is 2. The third-order valence-electron chi connectivity index (χ3n) is 4.38. The van der Waals surface area contributed by atoms with Crippen LogP contribution >= 0.6 is 12.4 Å². The lowest BCUT2D eigenvalue weighted by Crippen LogP contribution is -2.46. The van der Waals surface area contributed by atoms with E-state index in [0.717, 1.165) is 11.1 Å². The van der Waals surface area contributed by atoms with Crippen LogP contribution in [0.4, 0.5) is 4.79 Å². The average molecular weight is 378 g/mol. The second-order valence-electron chi connectivity index (χ2n) is 6.83. The van der Waals surface area contributed by atoms with Gasteiger partial charge < -0.3 is 19.5 Å². The quantitative estimate of drug-likeness (QED) is 0.833. The van der Waals surface area contributed by atoms with Gasteiger partial charge in [0.15, 0.2) is 11.5 Å². The molecule has 2 aromatic rings. The molecule has 1 aliphatic heterocycles. The maximum Gasteiger partial charge on any atom is 0.407 e. The highest BCUT2D eigenvalue weighted by Gasteiger charge is 2.38. The smallest absolute Gasteiger partial charge is 0.407 e. The van der Waals surface area contributed by atoms with Crippen molar-refractivity contribution in [3.63, 3.8) is 0 Å². The first-order valence-electron chi connectivity index (χ1n) is 8.27. The lowest BCUT2D eigenvalue weighted by molar-refractivity contribution is 0.0386. The van der Waals surface area contributed by atoms with Crippen LogP contribution in [0.5, 0.6) is 11.5 Å². The first-order chi connectivity index (χ1) is 12.0. The lowest BCUT2D eigenvalue weighted by atomic mass is 9.80. The molecule has 0 unspecified atom stereocenters. The molecule has 1 aliphatic rings. The van der Waals surface area contributed by atoms with Crippen LogP contribution < -0.4 is 14.8 Å². The number of nitrogens with one attached hydrogen (secondary N) is 1. The molecule has 5 nitrogen and oxygen atoms in total. The number of cyclic esters (lactones) is 1. The molecule has 1 atom stereocenters. The molecule has 0 aliphatic carbocycles. The van der Waals surface area contributed by atoms with Gasteiger partial charge in [0.1, 0.15) is 13.2 Å². The monoisotopic (exact) mass is 377 g/mol. The summed E-state index contributed by atoms with van der Waals surface area (Å²) >= 11 is 0. The van der Waals surface area contributed by atoms with Gasteiger partial charge in [0, 0.05) is 5.41 Å². The minimum atomic E-state index is -0.396. The molecule has 0 aromatic heterocycles. The van der Waals surface area contributed by atoms with Crippen molar-refractivity contribution in [2.24, 2.45) is 5.41 Å². The summed E-state index contributed by atoms with van der Waals surface area (Å²) in [6, 6.07) is 15.5. The van der Waals surface area contributed by atoms with Crippen molar-refractivity contribution in [3.05, 3.63) is 59.7 Å². The minimum absolute atomic E-state index is 0. The average Bonchev–Trinajstić information content (AvgIpc) is 2.62. The van der Waals surface area contributed by atoms with Crippen LogP contribution in [0.3, 0.4) is 0 Å². The second kappa shape index (κ2) is 8.32. The Morgan fingerprint density at radius 2 is 1.88 bits per heavy atom. The highest BCUT2D eigenvalue weighted by Crippen LogP contribution is 2.39. The van der Waals surface area contributed by atoms with Crippen LogP contribution in [-0.4, -0.2) is 19.8 Å². The van der Waals surface area contributed by atoms with Crippen LogP contribution in [0.2, 0.25) is 0 Å². The van der Waals surface area contributed by atoms with Crippen molar-refractivity contribution in [3.8, 4) is 11.5 Å². The van der Waals surface area contributed by atoms with Gasteiger partial charge in [0.2, 0.25) is 0 Å². The summed E-state index contributed by atoms with van der Waals surface area (Å²) in [6.45, 7) is 4.94. The molecule has 3 rings (SSSR count). The van der Waals surface area contributed by atoms with E-state index in [0.29, 0.717) is 24.7 Å². The molecule has 0 saturated carbocycles. The van der Waals surface area contributed by atoms with Crippen molar-refractivity contribution in [2.45, 2.75) is 26.5 Å². The fraction of sp³-hybridized carbons (Fsp3) is 0.350. The Kier molecular flexibility index (Phi) is 6.37. The van der Waals surface area contributed by atoms with E-state index in [1.54, 1.807) is 7.11 Å². The number of carbonyl (C=O) groups is 1. The predicted molar refractivity (Wildman–Crippen MR) is 102 cm³/mol. The number of amides is 1. The molecule has 0 bridgehead atoms. The summed E-state index contributed by atoms with van der Waals surface area (Å²) in [7, 11) is 1.62. The van der Waals surface area contributed by atoms with Gasteiger partial charge in [-0.2, -0.15) is 0 Å². The fourth-order valence-electron chi connectivity index (χ4n) is 2.95. The van der Waals surface area contributed by atoms with E-state index >= 15 is 0 Å². The Morgan fingerprint density at radius 3 is 2.58 bits per heavy atom. The number of carbonyl (C=O) groups excluding carboxylic acids is 1. The number of halogens is 1. The van der Waals surface area contributed by atoms with Crippen molar-refractivity contribution < 1.29 is 19.0 Å². The summed E-state index contributed by atoms with van der Waals surface area (Å²) < 4.78 is 16.5. The van der Waals surface area contributed by atoms with E-state index in [9.17, 15) is 4.79 Å². The van der Waals surface area contributed by atoms with E-state index < -0.39 is 6.09 Å². The Balaban J connectivity index is 0.00000243. The zero-order valence-electron chi connectivity index (χ0n) is 15.2. The maximum atomic E-state index is 11.7. The summed E-state index contributed by atoms with van der Waals surface area (Å²) in [5.74, 6) is 1.32.